The van der Waals surface area contributed by atoms with Gasteiger partial charge in [0.05, 0.1) is 27.9 Å². The van der Waals surface area contributed by atoms with Crippen LogP contribution in [-0.2, 0) is 11.2 Å². The van der Waals surface area contributed by atoms with Crippen LogP contribution in [0.5, 0.6) is 23.3 Å². The number of rotatable bonds is 9. The second-order valence-corrected chi connectivity index (χ2v) is 8.10. The molecule has 3 aromatic carbocycles. The van der Waals surface area contributed by atoms with E-state index in [1.165, 1.54) is 30.3 Å². The lowest BCUT2D eigenvalue weighted by Crippen LogP contribution is -2.09. The summed E-state index contributed by atoms with van der Waals surface area (Å²) in [5, 5.41) is 31.1. The number of fused-ring (bicyclic) bond motifs is 2. The fourth-order valence-corrected chi connectivity index (χ4v) is 4.25. The molecular formula is C24H18ClF4NO6. The number of carbonyl (C=O) groups is 1. The molecule has 0 unspecified atom stereocenters. The SMILES string of the molecule is O=C(O)Cc1ccc(-n2c(O)c3c(OCC(F)F)c4ccccc4c(OCC(F)F)c3c2O)c(Cl)c1. The Morgan fingerprint density at radius 3 is 1.81 bits per heavy atom. The number of aromatic nitrogens is 1. The topological polar surface area (TPSA) is 101 Å². The van der Waals surface area contributed by atoms with E-state index in [2.05, 4.69) is 0 Å². The molecule has 4 aromatic rings. The zero-order valence-corrected chi connectivity index (χ0v) is 19.0. The maximum atomic E-state index is 13.0. The summed E-state index contributed by atoms with van der Waals surface area (Å²) in [5.41, 5.74) is 0.334. The maximum Gasteiger partial charge on any atom is 0.307 e. The van der Waals surface area contributed by atoms with E-state index in [0.717, 1.165) is 4.57 Å². The number of ether oxygens (including phenoxy) is 2. The van der Waals surface area contributed by atoms with E-state index < -0.39 is 43.8 Å². The molecular weight excluding hydrogens is 510 g/mol. The van der Waals surface area contributed by atoms with Crippen molar-refractivity contribution in [2.24, 2.45) is 0 Å². The largest absolute Gasteiger partial charge is 0.494 e. The van der Waals surface area contributed by atoms with Gasteiger partial charge in [-0.3, -0.25) is 4.79 Å². The molecule has 1 heterocycles. The summed E-state index contributed by atoms with van der Waals surface area (Å²) in [6, 6.07) is 10.1. The highest BCUT2D eigenvalue weighted by molar-refractivity contribution is 6.32. The highest BCUT2D eigenvalue weighted by Crippen LogP contribution is 2.53. The highest BCUT2D eigenvalue weighted by Gasteiger charge is 2.29. The van der Waals surface area contributed by atoms with E-state index in [-0.39, 0.29) is 50.2 Å². The second kappa shape index (κ2) is 10.0. The Morgan fingerprint density at radius 2 is 1.39 bits per heavy atom. The first-order valence-electron chi connectivity index (χ1n) is 10.4. The Bertz CT molecular complexity index is 1380. The van der Waals surface area contributed by atoms with E-state index in [0.29, 0.717) is 5.56 Å². The van der Waals surface area contributed by atoms with Crippen LogP contribution in [0.2, 0.25) is 5.02 Å². The summed E-state index contributed by atoms with van der Waals surface area (Å²) >= 11 is 6.31. The minimum Gasteiger partial charge on any atom is -0.494 e. The van der Waals surface area contributed by atoms with Gasteiger partial charge in [0.2, 0.25) is 11.8 Å². The van der Waals surface area contributed by atoms with Crippen LogP contribution in [0.4, 0.5) is 17.6 Å². The normalized spacial score (nSPS) is 11.6. The van der Waals surface area contributed by atoms with Crippen LogP contribution in [0, 0.1) is 0 Å². The van der Waals surface area contributed by atoms with Gasteiger partial charge in [0.25, 0.3) is 12.9 Å². The van der Waals surface area contributed by atoms with Crippen molar-refractivity contribution in [3.05, 3.63) is 53.1 Å². The number of hydrogen-bond donors (Lipinski definition) is 3. The van der Waals surface area contributed by atoms with Crippen LogP contribution >= 0.6 is 11.6 Å². The van der Waals surface area contributed by atoms with Gasteiger partial charge in [-0.15, -0.1) is 0 Å². The van der Waals surface area contributed by atoms with E-state index in [4.69, 9.17) is 26.2 Å². The first-order valence-corrected chi connectivity index (χ1v) is 10.8. The van der Waals surface area contributed by atoms with Crippen LogP contribution < -0.4 is 9.47 Å². The Labute approximate surface area is 205 Å². The number of alkyl halides is 4. The number of aliphatic carboxylic acids is 1. The van der Waals surface area contributed by atoms with E-state index in [1.807, 2.05) is 0 Å². The van der Waals surface area contributed by atoms with Gasteiger partial charge in [-0.05, 0) is 17.7 Å². The molecule has 0 saturated carbocycles. The Kier molecular flexibility index (Phi) is 7.02. The third kappa shape index (κ3) is 4.66. The van der Waals surface area contributed by atoms with Gasteiger partial charge in [0.15, 0.2) is 0 Å². The van der Waals surface area contributed by atoms with Crippen LogP contribution in [0.3, 0.4) is 0 Å². The minimum absolute atomic E-state index is 0.000630. The minimum atomic E-state index is -2.87. The number of carboxylic acid groups (broad SMARTS) is 1. The molecule has 0 fully saturated rings. The zero-order chi connectivity index (χ0) is 26.1. The van der Waals surface area contributed by atoms with Crippen molar-refractivity contribution in [2.75, 3.05) is 13.2 Å². The smallest absolute Gasteiger partial charge is 0.307 e. The molecule has 0 atom stereocenters. The number of halogens is 5. The molecule has 0 bridgehead atoms. The summed E-state index contributed by atoms with van der Waals surface area (Å²) < 4.78 is 63.6. The predicted molar refractivity (Wildman–Crippen MR) is 123 cm³/mol. The molecule has 0 aliphatic rings. The predicted octanol–water partition coefficient (Wildman–Crippen LogP) is 5.76. The van der Waals surface area contributed by atoms with Gasteiger partial charge in [0, 0.05) is 10.8 Å². The van der Waals surface area contributed by atoms with Crippen molar-refractivity contribution >= 4 is 39.1 Å². The monoisotopic (exact) mass is 527 g/mol. The fraction of sp³-hybridized carbons (Fsp3) is 0.208. The van der Waals surface area contributed by atoms with Crippen molar-refractivity contribution in [1.82, 2.24) is 4.57 Å². The van der Waals surface area contributed by atoms with Gasteiger partial charge < -0.3 is 24.8 Å². The van der Waals surface area contributed by atoms with Gasteiger partial charge >= 0.3 is 5.97 Å². The van der Waals surface area contributed by atoms with Crippen molar-refractivity contribution in [2.45, 2.75) is 19.3 Å². The van der Waals surface area contributed by atoms with Crippen molar-refractivity contribution in [3.63, 3.8) is 0 Å². The highest BCUT2D eigenvalue weighted by atomic mass is 35.5. The quantitative estimate of drug-likeness (QED) is 0.239. The van der Waals surface area contributed by atoms with E-state index in [1.54, 1.807) is 12.1 Å². The lowest BCUT2D eigenvalue weighted by molar-refractivity contribution is -0.136. The summed E-state index contributed by atoms with van der Waals surface area (Å²) in [5.74, 6) is -2.94. The van der Waals surface area contributed by atoms with Crippen LogP contribution in [0.1, 0.15) is 5.56 Å². The molecule has 0 radical (unpaired) electrons. The molecule has 0 spiro atoms. The zero-order valence-electron chi connectivity index (χ0n) is 18.2. The van der Waals surface area contributed by atoms with Gasteiger partial charge in [-0.2, -0.15) is 0 Å². The van der Waals surface area contributed by atoms with Crippen LogP contribution in [0.25, 0.3) is 27.2 Å². The molecule has 7 nitrogen and oxygen atoms in total. The van der Waals surface area contributed by atoms with Crippen LogP contribution in [0.15, 0.2) is 42.5 Å². The molecule has 1 aromatic heterocycles. The van der Waals surface area contributed by atoms with E-state index in [9.17, 15) is 32.6 Å². The molecule has 12 heteroatoms. The van der Waals surface area contributed by atoms with Crippen molar-refractivity contribution in [1.29, 1.82) is 0 Å². The summed E-state index contributed by atoms with van der Waals surface area (Å²) in [6.07, 6.45) is -6.08. The lowest BCUT2D eigenvalue weighted by atomic mass is 10.0. The molecule has 4 rings (SSSR count). The average molecular weight is 528 g/mol. The van der Waals surface area contributed by atoms with Gasteiger partial charge in [0.1, 0.15) is 24.7 Å². The fourth-order valence-electron chi connectivity index (χ4n) is 3.96. The Morgan fingerprint density at radius 1 is 0.889 bits per heavy atom. The summed E-state index contributed by atoms with van der Waals surface area (Å²) in [6.45, 7) is -2.10. The number of hydrogen-bond acceptors (Lipinski definition) is 5. The number of benzene rings is 3. The first-order chi connectivity index (χ1) is 17.1. The van der Waals surface area contributed by atoms with Crippen molar-refractivity contribution in [3.8, 4) is 28.9 Å². The number of nitrogens with zero attached hydrogens (tertiary/aromatic N) is 1. The lowest BCUT2D eigenvalue weighted by Gasteiger charge is -2.15. The second-order valence-electron chi connectivity index (χ2n) is 7.70. The Balaban J connectivity index is 2.05. The van der Waals surface area contributed by atoms with Crippen molar-refractivity contribution < 1.29 is 47.1 Å². The van der Waals surface area contributed by atoms with E-state index >= 15 is 0 Å². The molecule has 0 saturated heterocycles. The molecule has 0 aliphatic carbocycles. The van der Waals surface area contributed by atoms with Gasteiger partial charge in [-0.1, -0.05) is 41.9 Å². The first kappa shape index (κ1) is 25.2. The third-order valence-electron chi connectivity index (χ3n) is 5.31. The molecule has 36 heavy (non-hydrogen) atoms. The molecule has 190 valence electrons. The summed E-state index contributed by atoms with van der Waals surface area (Å²) in [4.78, 5) is 11.0. The molecule has 0 aliphatic heterocycles. The third-order valence-corrected chi connectivity index (χ3v) is 5.61. The van der Waals surface area contributed by atoms with Crippen LogP contribution in [-0.4, -0.2) is 51.9 Å². The molecule has 3 N–H and O–H groups in total. The number of aromatic hydroxyl groups is 2. The van der Waals surface area contributed by atoms with Gasteiger partial charge in [-0.25, -0.2) is 22.1 Å². The summed E-state index contributed by atoms with van der Waals surface area (Å²) in [7, 11) is 0. The standard InChI is InChI=1S/C24H18ClF4NO6/c25-14-7-11(8-18(31)32)5-6-15(14)30-23(33)19-20(24(30)34)22(36-10-17(28)29)13-4-2-1-3-12(13)21(19)35-9-16(26)27/h1-7,16-17,33-34H,8-10H2,(H,31,32). The number of carboxylic acids is 1. The Hall–Kier alpha value is -3.86. The average Bonchev–Trinajstić information content (AvgIpc) is 3.06. The maximum absolute atomic E-state index is 13.0. The molecule has 0 amide bonds.